The molecule has 0 amide bonds. The third-order valence-electron chi connectivity index (χ3n) is 4.40. The SMILES string of the molecule is CC1(C)CCC(C)(C)c2cc(S(=O)(=O)C=C(Cl)Cl)ccc21. The summed E-state index contributed by atoms with van der Waals surface area (Å²) < 4.78 is 24.3. The van der Waals surface area contributed by atoms with Crippen molar-refractivity contribution < 1.29 is 8.42 Å². The van der Waals surface area contributed by atoms with Crippen molar-refractivity contribution in [3.8, 4) is 0 Å². The summed E-state index contributed by atoms with van der Waals surface area (Å²) in [5.74, 6) is 0. The molecule has 0 aliphatic heterocycles. The molecular weight excluding hydrogens is 327 g/mol. The summed E-state index contributed by atoms with van der Waals surface area (Å²) in [6, 6.07) is 5.35. The smallest absolute Gasteiger partial charge is 0.202 e. The lowest BCUT2D eigenvalue weighted by Crippen LogP contribution is -2.34. The van der Waals surface area contributed by atoms with Gasteiger partial charge in [-0.1, -0.05) is 57.0 Å². The van der Waals surface area contributed by atoms with Gasteiger partial charge in [0.15, 0.2) is 0 Å². The van der Waals surface area contributed by atoms with Crippen molar-refractivity contribution in [3.05, 3.63) is 39.2 Å². The number of sulfone groups is 1. The Bertz CT molecular complexity index is 697. The van der Waals surface area contributed by atoms with Crippen LogP contribution in [0.4, 0.5) is 0 Å². The highest BCUT2D eigenvalue weighted by Crippen LogP contribution is 2.46. The second-order valence-electron chi connectivity index (χ2n) is 6.93. The molecule has 1 aromatic carbocycles. The van der Waals surface area contributed by atoms with Crippen molar-refractivity contribution in [2.24, 2.45) is 0 Å². The molecule has 0 radical (unpaired) electrons. The van der Waals surface area contributed by atoms with Gasteiger partial charge in [-0.15, -0.1) is 0 Å². The van der Waals surface area contributed by atoms with E-state index >= 15 is 0 Å². The molecule has 116 valence electrons. The van der Waals surface area contributed by atoms with Gasteiger partial charge in [0.25, 0.3) is 0 Å². The van der Waals surface area contributed by atoms with Gasteiger partial charge in [0.2, 0.25) is 9.84 Å². The van der Waals surface area contributed by atoms with Gasteiger partial charge in [-0.05, 0) is 46.9 Å². The fourth-order valence-corrected chi connectivity index (χ4v) is 4.54. The Labute approximate surface area is 137 Å². The Kier molecular flexibility index (Phi) is 4.25. The Morgan fingerprint density at radius 3 is 2.10 bits per heavy atom. The zero-order valence-electron chi connectivity index (χ0n) is 12.7. The minimum atomic E-state index is -3.61. The van der Waals surface area contributed by atoms with Crippen LogP contribution in [0.1, 0.15) is 51.7 Å². The van der Waals surface area contributed by atoms with Crippen LogP contribution in [0.25, 0.3) is 0 Å². The average molecular weight is 347 g/mol. The second kappa shape index (κ2) is 5.29. The molecule has 0 unspecified atom stereocenters. The maximum atomic E-state index is 12.3. The molecule has 1 aliphatic carbocycles. The first-order chi connectivity index (χ1) is 9.46. The van der Waals surface area contributed by atoms with Gasteiger partial charge in [-0.2, -0.15) is 0 Å². The molecule has 0 bridgehead atoms. The minimum absolute atomic E-state index is 0.0368. The molecule has 1 aromatic rings. The molecule has 0 spiro atoms. The van der Waals surface area contributed by atoms with Gasteiger partial charge in [-0.25, -0.2) is 8.42 Å². The van der Waals surface area contributed by atoms with Crippen molar-refractivity contribution >= 4 is 33.0 Å². The third kappa shape index (κ3) is 3.30. The number of rotatable bonds is 2. The summed E-state index contributed by atoms with van der Waals surface area (Å²) in [5, 5.41) is 0.888. The molecule has 2 rings (SSSR count). The first kappa shape index (κ1) is 16.9. The van der Waals surface area contributed by atoms with Crippen molar-refractivity contribution in [3.63, 3.8) is 0 Å². The summed E-state index contributed by atoms with van der Waals surface area (Å²) in [5.41, 5.74) is 2.34. The topological polar surface area (TPSA) is 34.1 Å². The Morgan fingerprint density at radius 2 is 1.57 bits per heavy atom. The van der Waals surface area contributed by atoms with Crippen LogP contribution in [0.15, 0.2) is 33.0 Å². The second-order valence-corrected chi connectivity index (χ2v) is 9.73. The van der Waals surface area contributed by atoms with Gasteiger partial charge in [0.1, 0.15) is 4.49 Å². The summed E-state index contributed by atoms with van der Waals surface area (Å²) in [6.07, 6.45) is 2.12. The van der Waals surface area contributed by atoms with Crippen molar-refractivity contribution in [2.75, 3.05) is 0 Å². The van der Waals surface area contributed by atoms with Crippen LogP contribution in [0.2, 0.25) is 0 Å². The van der Waals surface area contributed by atoms with Gasteiger partial charge < -0.3 is 0 Å². The van der Waals surface area contributed by atoms with Gasteiger partial charge in [0.05, 0.1) is 10.3 Å². The first-order valence-corrected chi connectivity index (χ1v) is 9.19. The highest BCUT2D eigenvalue weighted by Gasteiger charge is 2.37. The summed E-state index contributed by atoms with van der Waals surface area (Å²) in [7, 11) is -3.61. The zero-order chi connectivity index (χ0) is 16.1. The van der Waals surface area contributed by atoms with E-state index in [0.717, 1.165) is 23.8 Å². The van der Waals surface area contributed by atoms with Crippen LogP contribution in [-0.4, -0.2) is 8.42 Å². The predicted molar refractivity (Wildman–Crippen MR) is 88.7 cm³/mol. The summed E-state index contributed by atoms with van der Waals surface area (Å²) in [6.45, 7) is 8.71. The van der Waals surface area contributed by atoms with E-state index in [4.69, 9.17) is 23.2 Å². The van der Waals surface area contributed by atoms with Crippen LogP contribution >= 0.6 is 23.2 Å². The number of fused-ring (bicyclic) bond motifs is 1. The van der Waals surface area contributed by atoms with Crippen molar-refractivity contribution in [2.45, 2.75) is 56.3 Å². The quantitative estimate of drug-likeness (QED) is 0.747. The fraction of sp³-hybridized carbons (Fsp3) is 0.500. The average Bonchev–Trinajstić information content (AvgIpc) is 2.33. The van der Waals surface area contributed by atoms with E-state index in [1.807, 2.05) is 6.07 Å². The van der Waals surface area contributed by atoms with Crippen LogP contribution in [0, 0.1) is 0 Å². The Hall–Kier alpha value is -0.510. The van der Waals surface area contributed by atoms with Crippen LogP contribution in [0.3, 0.4) is 0 Å². The van der Waals surface area contributed by atoms with Crippen LogP contribution in [-0.2, 0) is 20.7 Å². The van der Waals surface area contributed by atoms with Crippen molar-refractivity contribution in [1.29, 1.82) is 0 Å². The zero-order valence-corrected chi connectivity index (χ0v) is 15.0. The molecule has 0 fully saturated rings. The highest BCUT2D eigenvalue weighted by atomic mass is 35.5. The van der Waals surface area contributed by atoms with Gasteiger partial charge in [-0.3, -0.25) is 0 Å². The number of hydrogen-bond donors (Lipinski definition) is 0. The van der Waals surface area contributed by atoms with Gasteiger partial charge >= 0.3 is 0 Å². The Balaban J connectivity index is 2.65. The summed E-state index contributed by atoms with van der Waals surface area (Å²) in [4.78, 5) is 0.242. The normalized spacial score (nSPS) is 19.7. The van der Waals surface area contributed by atoms with E-state index in [9.17, 15) is 8.42 Å². The lowest BCUT2D eigenvalue weighted by Gasteiger charge is -2.42. The number of benzene rings is 1. The standard InChI is InChI=1S/C16H20Cl2O2S/c1-15(2)7-8-16(3,4)13-9-11(5-6-12(13)15)21(19,20)10-14(17)18/h5-6,9-10H,7-8H2,1-4H3. The van der Waals surface area contributed by atoms with E-state index < -0.39 is 9.84 Å². The molecule has 0 saturated carbocycles. The third-order valence-corrected chi connectivity index (χ3v) is 6.33. The van der Waals surface area contributed by atoms with E-state index in [2.05, 4.69) is 27.7 Å². The molecule has 1 aliphatic rings. The monoisotopic (exact) mass is 346 g/mol. The predicted octanol–water partition coefficient (Wildman–Crippen LogP) is 5.09. The van der Waals surface area contributed by atoms with E-state index in [-0.39, 0.29) is 20.2 Å². The largest absolute Gasteiger partial charge is 0.219 e. The molecule has 0 heterocycles. The number of hydrogen-bond acceptors (Lipinski definition) is 2. The molecule has 21 heavy (non-hydrogen) atoms. The highest BCUT2D eigenvalue weighted by molar-refractivity contribution is 7.94. The molecule has 0 saturated heterocycles. The molecule has 5 heteroatoms. The van der Waals surface area contributed by atoms with Crippen LogP contribution < -0.4 is 0 Å². The molecule has 0 atom stereocenters. The van der Waals surface area contributed by atoms with E-state index in [0.29, 0.717) is 0 Å². The van der Waals surface area contributed by atoms with Gasteiger partial charge in [0, 0.05) is 0 Å². The Morgan fingerprint density at radius 1 is 1.05 bits per heavy atom. The lowest BCUT2D eigenvalue weighted by molar-refractivity contribution is 0.331. The van der Waals surface area contributed by atoms with E-state index in [1.165, 1.54) is 5.56 Å². The fourth-order valence-electron chi connectivity index (χ4n) is 2.93. The van der Waals surface area contributed by atoms with Crippen LogP contribution in [0.5, 0.6) is 0 Å². The molecule has 2 nitrogen and oxygen atoms in total. The lowest BCUT2D eigenvalue weighted by atomic mass is 9.63. The first-order valence-electron chi connectivity index (χ1n) is 6.88. The van der Waals surface area contributed by atoms with Crippen molar-refractivity contribution in [1.82, 2.24) is 0 Å². The summed E-state index contributed by atoms with van der Waals surface area (Å²) >= 11 is 11.0. The minimum Gasteiger partial charge on any atom is -0.219 e. The molecule has 0 aromatic heterocycles. The maximum absolute atomic E-state index is 12.3. The molecule has 0 N–H and O–H groups in total. The maximum Gasteiger partial charge on any atom is 0.202 e. The van der Waals surface area contributed by atoms with E-state index in [1.54, 1.807) is 12.1 Å². The number of halogens is 2. The molecular formula is C16H20Cl2O2S.